The van der Waals surface area contributed by atoms with E-state index in [0.717, 1.165) is 41.7 Å². The number of nitrogens with one attached hydrogen (secondary N) is 2. The molecule has 1 aromatic carbocycles. The van der Waals surface area contributed by atoms with E-state index < -0.39 is 0 Å². The number of hydrogen-bond donors (Lipinski definition) is 2. The second-order valence-corrected chi connectivity index (χ2v) is 6.64. The van der Waals surface area contributed by atoms with Crippen molar-refractivity contribution in [3.63, 3.8) is 0 Å². The second-order valence-electron chi connectivity index (χ2n) is 6.64. The maximum atomic E-state index is 12.4. The molecule has 3 rings (SSSR count). The van der Waals surface area contributed by atoms with Crippen LogP contribution in [0, 0.1) is 6.92 Å². The minimum atomic E-state index is -0.386. The van der Waals surface area contributed by atoms with Gasteiger partial charge >= 0.3 is 0 Å². The maximum Gasteiger partial charge on any atom is 0.242 e. The van der Waals surface area contributed by atoms with Gasteiger partial charge in [-0.2, -0.15) is 0 Å². The van der Waals surface area contributed by atoms with E-state index >= 15 is 0 Å². The average molecular weight is 366 g/mol. The van der Waals surface area contributed by atoms with Gasteiger partial charge in [0.05, 0.1) is 5.52 Å². The van der Waals surface area contributed by atoms with E-state index in [1.54, 1.807) is 0 Å². The number of anilines is 1. The molecule has 0 radical (unpaired) electrons. The Hall–Kier alpha value is -2.96. The van der Waals surface area contributed by atoms with Crippen molar-refractivity contribution in [2.24, 2.45) is 0 Å². The summed E-state index contributed by atoms with van der Waals surface area (Å²) in [5, 5.41) is 7.11. The van der Waals surface area contributed by atoms with Gasteiger partial charge in [-0.3, -0.25) is 4.79 Å². The van der Waals surface area contributed by atoms with Crippen LogP contribution in [0.15, 0.2) is 36.9 Å². The van der Waals surface area contributed by atoms with Crippen molar-refractivity contribution in [3.05, 3.63) is 48.3 Å². The lowest BCUT2D eigenvalue weighted by Gasteiger charge is -2.16. The van der Waals surface area contributed by atoms with Gasteiger partial charge in [0.1, 0.15) is 24.0 Å². The molecule has 3 aromatic rings. The van der Waals surface area contributed by atoms with Crippen molar-refractivity contribution in [1.29, 1.82) is 0 Å². The van der Waals surface area contributed by atoms with Crippen LogP contribution in [0.2, 0.25) is 0 Å². The highest BCUT2D eigenvalue weighted by Crippen LogP contribution is 2.20. The molecule has 1 atom stereocenters. The quantitative estimate of drug-likeness (QED) is 0.599. The summed E-state index contributed by atoms with van der Waals surface area (Å²) in [6.07, 6.45) is 7.08. The summed E-state index contributed by atoms with van der Waals surface area (Å²) in [7, 11) is 0. The van der Waals surface area contributed by atoms with Crippen LogP contribution < -0.4 is 10.6 Å². The number of hydrogen-bond acceptors (Lipinski definition) is 5. The Morgan fingerprint density at radius 3 is 2.93 bits per heavy atom. The van der Waals surface area contributed by atoms with Crippen LogP contribution in [-0.2, 0) is 17.8 Å². The van der Waals surface area contributed by atoms with Gasteiger partial charge in [-0.1, -0.05) is 18.6 Å². The molecular weight excluding hydrogens is 340 g/mol. The first-order chi connectivity index (χ1) is 13.1. The highest BCUT2D eigenvalue weighted by Gasteiger charge is 2.14. The van der Waals surface area contributed by atoms with E-state index in [1.165, 1.54) is 6.33 Å². The van der Waals surface area contributed by atoms with E-state index in [9.17, 15) is 4.79 Å². The molecule has 2 aromatic heterocycles. The molecule has 0 spiro atoms. The van der Waals surface area contributed by atoms with E-state index in [-0.39, 0.29) is 11.9 Å². The normalized spacial score (nSPS) is 12.1. The molecule has 0 saturated carbocycles. The van der Waals surface area contributed by atoms with E-state index in [4.69, 9.17) is 0 Å². The standard InChI is InChI=1S/C20H26N6O/c1-4-18-21-9-11-26(18)10-5-8-22-20(27)15(3)25-19-16-12-14(2)6-7-17(16)23-13-24-19/h6-7,9,11-13,15H,4-5,8,10H2,1-3H3,(H,22,27)(H,23,24,25). The van der Waals surface area contributed by atoms with Gasteiger partial charge in [0.15, 0.2) is 0 Å². The largest absolute Gasteiger partial charge is 0.358 e. The number of aryl methyl sites for hydroxylation is 3. The Balaban J connectivity index is 1.53. The number of carbonyl (C=O) groups excluding carboxylic acids is 1. The zero-order chi connectivity index (χ0) is 19.2. The fourth-order valence-electron chi connectivity index (χ4n) is 3.03. The molecule has 142 valence electrons. The molecule has 0 aliphatic carbocycles. The van der Waals surface area contributed by atoms with Gasteiger partial charge in [-0.15, -0.1) is 0 Å². The molecule has 27 heavy (non-hydrogen) atoms. The van der Waals surface area contributed by atoms with Crippen LogP contribution in [0.5, 0.6) is 0 Å². The van der Waals surface area contributed by atoms with E-state index in [2.05, 4.69) is 37.1 Å². The molecule has 1 unspecified atom stereocenters. The smallest absolute Gasteiger partial charge is 0.242 e. The molecule has 0 bridgehead atoms. The highest BCUT2D eigenvalue weighted by molar-refractivity contribution is 5.92. The number of rotatable bonds is 8. The van der Waals surface area contributed by atoms with Gasteiger partial charge in [-0.05, 0) is 32.4 Å². The fourth-order valence-corrected chi connectivity index (χ4v) is 3.03. The SMILES string of the molecule is CCc1nccn1CCCNC(=O)C(C)Nc1ncnc2ccc(C)cc12. The van der Waals surface area contributed by atoms with Gasteiger partial charge in [0.2, 0.25) is 5.91 Å². The van der Waals surface area contributed by atoms with Crippen molar-refractivity contribution in [2.75, 3.05) is 11.9 Å². The summed E-state index contributed by atoms with van der Waals surface area (Å²) in [5.74, 6) is 1.70. The number of nitrogens with zero attached hydrogens (tertiary/aromatic N) is 4. The first-order valence-corrected chi connectivity index (χ1v) is 9.34. The van der Waals surface area contributed by atoms with E-state index in [0.29, 0.717) is 12.4 Å². The van der Waals surface area contributed by atoms with Gasteiger partial charge in [0.25, 0.3) is 0 Å². The van der Waals surface area contributed by atoms with Crippen LogP contribution >= 0.6 is 0 Å². The summed E-state index contributed by atoms with van der Waals surface area (Å²) < 4.78 is 2.13. The topological polar surface area (TPSA) is 84.7 Å². The fraction of sp³-hybridized carbons (Fsp3) is 0.400. The molecule has 2 N–H and O–H groups in total. The Labute approximate surface area is 159 Å². The lowest BCUT2D eigenvalue weighted by molar-refractivity contribution is -0.121. The van der Waals surface area contributed by atoms with Crippen LogP contribution in [0.4, 0.5) is 5.82 Å². The number of fused-ring (bicyclic) bond motifs is 1. The van der Waals surface area contributed by atoms with Crippen LogP contribution in [-0.4, -0.2) is 38.0 Å². The molecule has 1 amide bonds. The second kappa shape index (κ2) is 8.62. The number of benzene rings is 1. The summed E-state index contributed by atoms with van der Waals surface area (Å²) in [6, 6.07) is 5.62. The van der Waals surface area contributed by atoms with Crippen molar-refractivity contribution >= 4 is 22.6 Å². The predicted molar refractivity (Wildman–Crippen MR) is 107 cm³/mol. The Kier molecular flexibility index (Phi) is 6.01. The van der Waals surface area contributed by atoms with Crippen LogP contribution in [0.1, 0.15) is 31.7 Å². The Morgan fingerprint density at radius 1 is 1.26 bits per heavy atom. The Morgan fingerprint density at radius 2 is 2.11 bits per heavy atom. The zero-order valence-corrected chi connectivity index (χ0v) is 16.1. The lowest BCUT2D eigenvalue weighted by atomic mass is 10.1. The molecule has 0 fully saturated rings. The lowest BCUT2D eigenvalue weighted by Crippen LogP contribution is -2.38. The molecule has 0 saturated heterocycles. The minimum Gasteiger partial charge on any atom is -0.358 e. The first-order valence-electron chi connectivity index (χ1n) is 9.34. The van der Waals surface area contributed by atoms with Crippen molar-refractivity contribution < 1.29 is 4.79 Å². The summed E-state index contributed by atoms with van der Waals surface area (Å²) in [6.45, 7) is 7.42. The zero-order valence-electron chi connectivity index (χ0n) is 16.1. The molecule has 0 aliphatic heterocycles. The average Bonchev–Trinajstić information content (AvgIpc) is 3.13. The van der Waals surface area contributed by atoms with Crippen molar-refractivity contribution in [3.8, 4) is 0 Å². The molecule has 0 aliphatic rings. The third-order valence-corrected chi connectivity index (χ3v) is 4.53. The van der Waals surface area contributed by atoms with Gasteiger partial charge < -0.3 is 15.2 Å². The number of imidazole rings is 1. The maximum absolute atomic E-state index is 12.4. The third kappa shape index (κ3) is 4.61. The van der Waals surface area contributed by atoms with Crippen LogP contribution in [0.25, 0.3) is 10.9 Å². The van der Waals surface area contributed by atoms with Crippen molar-refractivity contribution in [2.45, 2.75) is 46.2 Å². The monoisotopic (exact) mass is 366 g/mol. The summed E-state index contributed by atoms with van der Waals surface area (Å²) >= 11 is 0. The third-order valence-electron chi connectivity index (χ3n) is 4.53. The number of carbonyl (C=O) groups is 1. The molecular formula is C20H26N6O. The van der Waals surface area contributed by atoms with Crippen molar-refractivity contribution in [1.82, 2.24) is 24.8 Å². The van der Waals surface area contributed by atoms with Gasteiger partial charge in [-0.25, -0.2) is 15.0 Å². The molecule has 2 heterocycles. The number of aromatic nitrogens is 4. The molecule has 7 heteroatoms. The minimum absolute atomic E-state index is 0.0456. The Bertz CT molecular complexity index is 920. The molecule has 7 nitrogen and oxygen atoms in total. The van der Waals surface area contributed by atoms with Gasteiger partial charge in [0, 0.05) is 37.3 Å². The number of amides is 1. The van der Waals surface area contributed by atoms with Crippen LogP contribution in [0.3, 0.4) is 0 Å². The van der Waals surface area contributed by atoms with E-state index in [1.807, 2.05) is 44.4 Å². The first kappa shape index (κ1) is 18.8. The highest BCUT2D eigenvalue weighted by atomic mass is 16.2. The predicted octanol–water partition coefficient (Wildman–Crippen LogP) is 2.70. The summed E-state index contributed by atoms with van der Waals surface area (Å²) in [5.41, 5.74) is 1.99. The summed E-state index contributed by atoms with van der Waals surface area (Å²) in [4.78, 5) is 25.3.